The maximum absolute atomic E-state index is 11.2. The zero-order valence-corrected chi connectivity index (χ0v) is 24.3. The number of allylic oxidation sites excluding steroid dienone is 4. The van der Waals surface area contributed by atoms with E-state index in [0.29, 0.717) is 30.6 Å². The molecule has 5 rings (SSSR count). The second kappa shape index (κ2) is 11.2. The Bertz CT molecular complexity index is 1110. The highest BCUT2D eigenvalue weighted by Crippen LogP contribution is 2.60. The van der Waals surface area contributed by atoms with Gasteiger partial charge >= 0.3 is 0 Å². The van der Waals surface area contributed by atoms with Crippen molar-refractivity contribution in [2.24, 2.45) is 23.2 Å². The van der Waals surface area contributed by atoms with Crippen molar-refractivity contribution in [1.29, 1.82) is 0 Å². The predicted molar refractivity (Wildman–Crippen MR) is 156 cm³/mol. The molecule has 0 bridgehead atoms. The van der Waals surface area contributed by atoms with E-state index in [1.165, 1.54) is 37.0 Å². The van der Waals surface area contributed by atoms with Crippen LogP contribution >= 0.6 is 11.3 Å². The van der Waals surface area contributed by atoms with Gasteiger partial charge in [0.05, 0.1) is 29.4 Å². The fourth-order valence-electron chi connectivity index (χ4n) is 7.88. The molecule has 0 aromatic carbocycles. The zero-order valence-electron chi connectivity index (χ0n) is 23.5. The Kier molecular flexibility index (Phi) is 8.22. The lowest BCUT2D eigenvalue weighted by atomic mass is 9.61. The van der Waals surface area contributed by atoms with E-state index in [0.717, 1.165) is 48.3 Å². The van der Waals surface area contributed by atoms with Gasteiger partial charge in [0.2, 0.25) is 0 Å². The van der Waals surface area contributed by atoms with E-state index in [1.54, 1.807) is 11.3 Å². The van der Waals surface area contributed by atoms with E-state index in [-0.39, 0.29) is 10.8 Å². The van der Waals surface area contributed by atoms with E-state index in [4.69, 9.17) is 4.98 Å². The van der Waals surface area contributed by atoms with Gasteiger partial charge in [0.25, 0.3) is 0 Å². The molecule has 0 radical (unpaired) electrons. The molecule has 4 aliphatic carbocycles. The van der Waals surface area contributed by atoms with E-state index >= 15 is 0 Å². The summed E-state index contributed by atoms with van der Waals surface area (Å²) in [6.45, 7) is 11.1. The smallest absolute Gasteiger partial charge is 0.102 e. The van der Waals surface area contributed by atoms with Gasteiger partial charge in [-0.05, 0) is 92.1 Å². The van der Waals surface area contributed by atoms with Gasteiger partial charge in [-0.25, -0.2) is 4.98 Å². The zero-order chi connectivity index (χ0) is 27.1. The number of rotatable bonds is 8. The summed E-state index contributed by atoms with van der Waals surface area (Å²) in [5.74, 6) is 1.60. The Hall–Kier alpha value is -1.53. The second-order valence-electron chi connectivity index (χ2n) is 12.9. The summed E-state index contributed by atoms with van der Waals surface area (Å²) in [7, 11) is 0. The summed E-state index contributed by atoms with van der Waals surface area (Å²) in [6.07, 6.45) is 18.4. The summed E-state index contributed by atoms with van der Waals surface area (Å²) in [5.41, 5.74) is 4.56. The largest absolute Gasteiger partial charge is 0.393 e. The minimum Gasteiger partial charge on any atom is -0.393 e. The van der Waals surface area contributed by atoms with Crippen LogP contribution in [-0.2, 0) is 11.8 Å². The molecule has 38 heavy (non-hydrogen) atoms. The van der Waals surface area contributed by atoms with Gasteiger partial charge in [0, 0.05) is 11.8 Å². The highest BCUT2D eigenvalue weighted by molar-refractivity contribution is 7.09. The standard InChI is InChI=1S/C33H47NO3S/c1-5-7-25-20-38-31(34-25)33(16-17-33)30(37)14-9-21(2)27-12-13-28-23(8-6-15-32(27,28)4)10-11-24-18-26(35)19-29(36)22(24)3/h9-11,14,20-21,26-30,35-37H,3,5-8,12-13,15-19H2,1-2,4H3/b14-9+,23-10+,24-11-/t21-,26+,27+,28-,29-,30+,32+/m0/s1. The fraction of sp³-hybridized carbons (Fsp3) is 0.667. The normalized spacial score (nSPS) is 36.6. The minimum absolute atomic E-state index is 0.159. The number of thiazole rings is 1. The topological polar surface area (TPSA) is 73.6 Å². The molecular formula is C33H47NO3S. The van der Waals surface area contributed by atoms with Crippen LogP contribution in [0.3, 0.4) is 0 Å². The number of aryl methyl sites for hydroxylation is 1. The monoisotopic (exact) mass is 537 g/mol. The van der Waals surface area contributed by atoms with E-state index in [9.17, 15) is 15.3 Å². The molecule has 0 saturated heterocycles. The predicted octanol–water partition coefficient (Wildman–Crippen LogP) is 6.82. The Balaban J connectivity index is 1.27. The van der Waals surface area contributed by atoms with Crippen molar-refractivity contribution >= 4 is 11.3 Å². The summed E-state index contributed by atoms with van der Waals surface area (Å²) in [4.78, 5) is 4.88. The van der Waals surface area contributed by atoms with Crippen molar-refractivity contribution in [2.75, 3.05) is 0 Å². The number of fused-ring (bicyclic) bond motifs is 1. The fourth-order valence-corrected chi connectivity index (χ4v) is 9.03. The first kappa shape index (κ1) is 28.0. The van der Waals surface area contributed by atoms with Crippen molar-refractivity contribution in [1.82, 2.24) is 4.98 Å². The van der Waals surface area contributed by atoms with Crippen molar-refractivity contribution in [3.05, 3.63) is 63.7 Å². The Morgan fingerprint density at radius 2 is 1.97 bits per heavy atom. The van der Waals surface area contributed by atoms with Crippen LogP contribution in [0.25, 0.3) is 0 Å². The lowest BCUT2D eigenvalue weighted by Crippen LogP contribution is -2.35. The van der Waals surface area contributed by atoms with Crippen molar-refractivity contribution < 1.29 is 15.3 Å². The SMILES string of the molecule is C=C1/C(=C\C=C2/CCC[C@]3(C)[C@@H]([C@@H](C)/C=C/[C@@H](O)C4(c5nc(CCC)cs5)CC4)CC[C@@H]23)C[C@@H](O)C[C@@H]1O. The van der Waals surface area contributed by atoms with Crippen molar-refractivity contribution in [2.45, 2.75) is 115 Å². The number of aliphatic hydroxyl groups is 3. The molecule has 1 aromatic heterocycles. The highest BCUT2D eigenvalue weighted by atomic mass is 32.1. The second-order valence-corrected chi connectivity index (χ2v) is 13.8. The summed E-state index contributed by atoms with van der Waals surface area (Å²) in [6, 6.07) is 0. The molecular weight excluding hydrogens is 490 g/mol. The van der Waals surface area contributed by atoms with E-state index in [1.807, 2.05) is 0 Å². The van der Waals surface area contributed by atoms with Gasteiger partial charge < -0.3 is 15.3 Å². The number of hydrogen-bond acceptors (Lipinski definition) is 5. The van der Waals surface area contributed by atoms with Gasteiger partial charge in [0.15, 0.2) is 0 Å². The summed E-state index contributed by atoms with van der Waals surface area (Å²) >= 11 is 1.73. The molecule has 7 atom stereocenters. The molecule has 0 aliphatic heterocycles. The van der Waals surface area contributed by atoms with Gasteiger partial charge in [-0.3, -0.25) is 0 Å². The van der Waals surface area contributed by atoms with Crippen molar-refractivity contribution in [3.8, 4) is 0 Å². The molecule has 3 N–H and O–H groups in total. The van der Waals surface area contributed by atoms with E-state index in [2.05, 4.69) is 57.0 Å². The maximum Gasteiger partial charge on any atom is 0.102 e. The molecule has 0 unspecified atom stereocenters. The molecule has 208 valence electrons. The number of nitrogens with zero attached hydrogens (tertiary/aromatic N) is 1. The first-order valence-electron chi connectivity index (χ1n) is 14.9. The molecule has 4 aliphatic rings. The van der Waals surface area contributed by atoms with Crippen molar-refractivity contribution in [3.63, 3.8) is 0 Å². The van der Waals surface area contributed by atoms with Gasteiger partial charge in [-0.1, -0.05) is 63.6 Å². The third-order valence-corrected chi connectivity index (χ3v) is 11.5. The molecule has 4 fully saturated rings. The van der Waals surface area contributed by atoms with Crippen LogP contribution < -0.4 is 0 Å². The van der Waals surface area contributed by atoms with Crippen LogP contribution in [-0.4, -0.2) is 38.6 Å². The van der Waals surface area contributed by atoms with Gasteiger partial charge in [0.1, 0.15) is 5.01 Å². The highest BCUT2D eigenvalue weighted by Gasteiger charge is 2.53. The Morgan fingerprint density at radius 1 is 1.18 bits per heavy atom. The van der Waals surface area contributed by atoms with Crippen LogP contribution in [0.5, 0.6) is 0 Å². The average molecular weight is 538 g/mol. The van der Waals surface area contributed by atoms with Crippen LogP contribution in [0.2, 0.25) is 0 Å². The lowest BCUT2D eigenvalue weighted by molar-refractivity contribution is 0.0862. The molecule has 5 heteroatoms. The Morgan fingerprint density at radius 3 is 2.71 bits per heavy atom. The molecule has 4 saturated carbocycles. The minimum atomic E-state index is -0.636. The third-order valence-electron chi connectivity index (χ3n) is 10.4. The van der Waals surface area contributed by atoms with Gasteiger partial charge in [-0.15, -0.1) is 11.3 Å². The summed E-state index contributed by atoms with van der Waals surface area (Å²) in [5, 5.41) is 34.9. The van der Waals surface area contributed by atoms with E-state index < -0.39 is 18.3 Å². The summed E-state index contributed by atoms with van der Waals surface area (Å²) < 4.78 is 0. The van der Waals surface area contributed by atoms with Crippen LogP contribution in [0.15, 0.2) is 53.0 Å². The average Bonchev–Trinajstić information content (AvgIpc) is 3.42. The first-order chi connectivity index (χ1) is 18.2. The molecule has 0 spiro atoms. The molecule has 1 heterocycles. The molecule has 4 nitrogen and oxygen atoms in total. The molecule has 0 amide bonds. The quantitative estimate of drug-likeness (QED) is 0.318. The van der Waals surface area contributed by atoms with Crippen LogP contribution in [0.4, 0.5) is 0 Å². The Labute approximate surface area is 233 Å². The number of aliphatic hydroxyl groups excluding tert-OH is 3. The third kappa shape index (κ3) is 5.29. The van der Waals surface area contributed by atoms with Crippen LogP contribution in [0.1, 0.15) is 95.7 Å². The first-order valence-corrected chi connectivity index (χ1v) is 15.8. The van der Waals surface area contributed by atoms with Gasteiger partial charge in [-0.2, -0.15) is 0 Å². The molecule has 1 aromatic rings. The number of hydrogen-bond donors (Lipinski definition) is 3. The number of aromatic nitrogens is 1. The van der Waals surface area contributed by atoms with Crippen LogP contribution in [0, 0.1) is 23.2 Å². The lowest BCUT2D eigenvalue weighted by Gasteiger charge is -2.44. The maximum atomic E-state index is 11.2.